The highest BCUT2D eigenvalue weighted by molar-refractivity contribution is 7.07. The van der Waals surface area contributed by atoms with Crippen LogP contribution in [0.4, 0.5) is 5.82 Å². The Morgan fingerprint density at radius 1 is 1.41 bits per heavy atom. The summed E-state index contributed by atoms with van der Waals surface area (Å²) in [4.78, 5) is 6.45. The second kappa shape index (κ2) is 5.80. The van der Waals surface area contributed by atoms with Gasteiger partial charge < -0.3 is 10.0 Å². The predicted octanol–water partition coefficient (Wildman–Crippen LogP) is 2.45. The van der Waals surface area contributed by atoms with E-state index in [-0.39, 0.29) is 6.61 Å². The largest absolute Gasteiger partial charge is 0.395 e. The van der Waals surface area contributed by atoms with Gasteiger partial charge >= 0.3 is 0 Å². The molecule has 0 radical (unpaired) electrons. The van der Waals surface area contributed by atoms with Crippen LogP contribution in [0.1, 0.15) is 11.1 Å². The van der Waals surface area contributed by atoms with Gasteiger partial charge in [-0.25, -0.2) is 4.98 Å². The van der Waals surface area contributed by atoms with Crippen molar-refractivity contribution in [2.24, 2.45) is 0 Å². The fraction of sp³-hybridized carbons (Fsp3) is 0.308. The Labute approximate surface area is 105 Å². The molecule has 0 aliphatic rings. The highest BCUT2D eigenvalue weighted by atomic mass is 32.1. The normalized spacial score (nSPS) is 10.5. The van der Waals surface area contributed by atoms with Crippen molar-refractivity contribution in [2.45, 2.75) is 13.5 Å². The predicted molar refractivity (Wildman–Crippen MR) is 71.4 cm³/mol. The number of hydrogen-bond donors (Lipinski definition) is 1. The molecular formula is C13H16N2OS. The van der Waals surface area contributed by atoms with E-state index in [9.17, 15) is 0 Å². The molecule has 0 bridgehead atoms. The molecule has 0 saturated heterocycles. The van der Waals surface area contributed by atoms with Crippen LogP contribution < -0.4 is 4.90 Å². The molecule has 2 aromatic heterocycles. The van der Waals surface area contributed by atoms with Crippen molar-refractivity contribution < 1.29 is 5.11 Å². The monoisotopic (exact) mass is 248 g/mol. The van der Waals surface area contributed by atoms with Crippen molar-refractivity contribution in [1.82, 2.24) is 4.98 Å². The number of thiophene rings is 1. The zero-order valence-electron chi connectivity index (χ0n) is 9.84. The lowest BCUT2D eigenvalue weighted by Gasteiger charge is -2.22. The van der Waals surface area contributed by atoms with Crippen molar-refractivity contribution >= 4 is 17.2 Å². The summed E-state index contributed by atoms with van der Waals surface area (Å²) in [7, 11) is 0. The number of pyridine rings is 1. The second-order valence-electron chi connectivity index (χ2n) is 3.97. The van der Waals surface area contributed by atoms with Gasteiger partial charge in [-0.3, -0.25) is 0 Å². The fourth-order valence-corrected chi connectivity index (χ4v) is 2.35. The number of aryl methyl sites for hydroxylation is 1. The van der Waals surface area contributed by atoms with Gasteiger partial charge in [-0.1, -0.05) is 0 Å². The van der Waals surface area contributed by atoms with Crippen LogP contribution in [0.15, 0.2) is 35.2 Å². The number of aliphatic hydroxyl groups excluding tert-OH is 1. The minimum atomic E-state index is 0.139. The van der Waals surface area contributed by atoms with Crippen molar-refractivity contribution in [3.8, 4) is 0 Å². The van der Waals surface area contributed by atoms with Gasteiger partial charge in [-0.2, -0.15) is 11.3 Å². The first kappa shape index (κ1) is 12.1. The Kier molecular flexibility index (Phi) is 4.12. The van der Waals surface area contributed by atoms with Crippen LogP contribution >= 0.6 is 11.3 Å². The quantitative estimate of drug-likeness (QED) is 0.883. The van der Waals surface area contributed by atoms with E-state index >= 15 is 0 Å². The van der Waals surface area contributed by atoms with Crippen LogP contribution in [0.3, 0.4) is 0 Å². The molecule has 0 atom stereocenters. The zero-order valence-corrected chi connectivity index (χ0v) is 10.7. The average Bonchev–Trinajstić information content (AvgIpc) is 2.81. The SMILES string of the molecule is Cc1ccnc(N(CCO)Cc2ccsc2)c1. The number of hydrogen-bond acceptors (Lipinski definition) is 4. The minimum absolute atomic E-state index is 0.139. The summed E-state index contributed by atoms with van der Waals surface area (Å²) >= 11 is 1.69. The summed E-state index contributed by atoms with van der Waals surface area (Å²) in [5, 5.41) is 13.3. The van der Waals surface area contributed by atoms with E-state index in [1.807, 2.05) is 25.3 Å². The summed E-state index contributed by atoms with van der Waals surface area (Å²) in [6, 6.07) is 6.12. The third-order valence-corrected chi connectivity index (χ3v) is 3.28. The van der Waals surface area contributed by atoms with E-state index in [2.05, 4.69) is 26.7 Å². The molecule has 0 aromatic carbocycles. The minimum Gasteiger partial charge on any atom is -0.395 e. The van der Waals surface area contributed by atoms with Crippen LogP contribution in [-0.2, 0) is 6.54 Å². The van der Waals surface area contributed by atoms with Gasteiger partial charge in [0.2, 0.25) is 0 Å². The summed E-state index contributed by atoms with van der Waals surface area (Å²) in [5.74, 6) is 0.922. The fourth-order valence-electron chi connectivity index (χ4n) is 1.69. The first-order valence-electron chi connectivity index (χ1n) is 5.59. The molecule has 90 valence electrons. The summed E-state index contributed by atoms with van der Waals surface area (Å²) in [6.07, 6.45) is 1.81. The molecule has 0 spiro atoms. The second-order valence-corrected chi connectivity index (χ2v) is 4.75. The van der Waals surface area contributed by atoms with Crippen LogP contribution in [-0.4, -0.2) is 23.2 Å². The molecule has 2 rings (SSSR count). The van der Waals surface area contributed by atoms with Crippen LogP contribution in [0.2, 0.25) is 0 Å². The number of anilines is 1. The third kappa shape index (κ3) is 3.28. The van der Waals surface area contributed by atoms with Gasteiger partial charge in [-0.05, 0) is 47.0 Å². The Bertz CT molecular complexity index is 456. The molecule has 0 unspecified atom stereocenters. The van der Waals surface area contributed by atoms with Crippen molar-refractivity contribution in [1.29, 1.82) is 0 Å². The lowest BCUT2D eigenvalue weighted by Crippen LogP contribution is -2.26. The molecule has 2 heterocycles. The Morgan fingerprint density at radius 2 is 2.29 bits per heavy atom. The maximum absolute atomic E-state index is 9.13. The van der Waals surface area contributed by atoms with E-state index in [0.717, 1.165) is 12.4 Å². The lowest BCUT2D eigenvalue weighted by atomic mass is 10.2. The molecule has 0 fully saturated rings. The number of rotatable bonds is 5. The van der Waals surface area contributed by atoms with E-state index in [1.54, 1.807) is 11.3 Å². The van der Waals surface area contributed by atoms with Gasteiger partial charge in [0.15, 0.2) is 0 Å². The molecule has 0 saturated carbocycles. The molecular weight excluding hydrogens is 232 g/mol. The molecule has 17 heavy (non-hydrogen) atoms. The number of nitrogens with zero attached hydrogens (tertiary/aromatic N) is 2. The maximum Gasteiger partial charge on any atom is 0.129 e. The average molecular weight is 248 g/mol. The first-order chi connectivity index (χ1) is 8.29. The smallest absolute Gasteiger partial charge is 0.129 e. The van der Waals surface area contributed by atoms with Crippen LogP contribution in [0.5, 0.6) is 0 Å². The van der Waals surface area contributed by atoms with Crippen molar-refractivity contribution in [3.63, 3.8) is 0 Å². The van der Waals surface area contributed by atoms with Crippen molar-refractivity contribution in [2.75, 3.05) is 18.1 Å². The molecule has 2 aromatic rings. The molecule has 4 heteroatoms. The van der Waals surface area contributed by atoms with E-state index in [0.29, 0.717) is 6.54 Å². The highest BCUT2D eigenvalue weighted by Crippen LogP contribution is 2.16. The van der Waals surface area contributed by atoms with Gasteiger partial charge in [0, 0.05) is 19.3 Å². The lowest BCUT2D eigenvalue weighted by molar-refractivity contribution is 0.301. The maximum atomic E-state index is 9.13. The zero-order chi connectivity index (χ0) is 12.1. The van der Waals surface area contributed by atoms with Gasteiger partial charge in [0.05, 0.1) is 6.61 Å². The molecule has 0 amide bonds. The summed E-state index contributed by atoms with van der Waals surface area (Å²) in [5.41, 5.74) is 2.44. The Hall–Kier alpha value is -1.39. The molecule has 0 aliphatic heterocycles. The Balaban J connectivity index is 2.16. The van der Waals surface area contributed by atoms with Crippen molar-refractivity contribution in [3.05, 3.63) is 46.3 Å². The Morgan fingerprint density at radius 3 is 2.94 bits per heavy atom. The third-order valence-electron chi connectivity index (χ3n) is 2.55. The first-order valence-corrected chi connectivity index (χ1v) is 6.53. The molecule has 3 nitrogen and oxygen atoms in total. The van der Waals surface area contributed by atoms with Gasteiger partial charge in [-0.15, -0.1) is 0 Å². The highest BCUT2D eigenvalue weighted by Gasteiger charge is 2.08. The van der Waals surface area contributed by atoms with E-state index in [4.69, 9.17) is 5.11 Å². The number of aromatic nitrogens is 1. The van der Waals surface area contributed by atoms with E-state index < -0.39 is 0 Å². The van der Waals surface area contributed by atoms with Crippen LogP contribution in [0.25, 0.3) is 0 Å². The number of aliphatic hydroxyl groups is 1. The topological polar surface area (TPSA) is 36.4 Å². The van der Waals surface area contributed by atoms with Gasteiger partial charge in [0.25, 0.3) is 0 Å². The standard InChI is InChI=1S/C13H16N2OS/c1-11-2-4-14-13(8-11)15(5-6-16)9-12-3-7-17-10-12/h2-4,7-8,10,16H,5-6,9H2,1H3. The summed E-state index contributed by atoms with van der Waals surface area (Å²) in [6.45, 7) is 3.58. The van der Waals surface area contributed by atoms with E-state index in [1.165, 1.54) is 11.1 Å². The van der Waals surface area contributed by atoms with Gasteiger partial charge in [0.1, 0.15) is 5.82 Å². The van der Waals surface area contributed by atoms with Crippen LogP contribution in [0, 0.1) is 6.92 Å². The molecule has 1 N–H and O–H groups in total. The summed E-state index contributed by atoms with van der Waals surface area (Å²) < 4.78 is 0. The molecule has 0 aliphatic carbocycles.